The average Bonchev–Trinajstić information content (AvgIpc) is 2.49. The molecular formula is C17H29N. The molecule has 0 unspecified atom stereocenters. The van der Waals surface area contributed by atoms with Gasteiger partial charge in [0, 0.05) is 12.4 Å². The zero-order chi connectivity index (χ0) is 14.4. The maximum absolute atomic E-state index is 4.09. The van der Waals surface area contributed by atoms with Crippen LogP contribution in [0.25, 0.3) is 5.57 Å². The molecule has 0 amide bonds. The Morgan fingerprint density at radius 2 is 1.72 bits per heavy atom. The molecule has 1 heterocycles. The normalized spacial score (nSPS) is 10.8. The standard InChI is InChI=1S/C13H17N.2C2H6/c1-4-11(2)7-8-12(3)13-6-5-9-14-10-13;2*1-2/h5-10H,4H2,1-3H3;2*1-2H3/b11-7+,12-8+;;. The third kappa shape index (κ3) is 8.74. The van der Waals surface area contributed by atoms with Gasteiger partial charge >= 0.3 is 0 Å². The van der Waals surface area contributed by atoms with E-state index in [2.05, 4.69) is 44.0 Å². The zero-order valence-electron chi connectivity index (χ0n) is 13.1. The second-order valence-electron chi connectivity index (χ2n) is 3.46. The first-order chi connectivity index (χ1) is 8.74. The van der Waals surface area contributed by atoms with Crippen LogP contribution in [0.4, 0.5) is 0 Å². The van der Waals surface area contributed by atoms with Crippen LogP contribution in [0.3, 0.4) is 0 Å². The van der Waals surface area contributed by atoms with Crippen molar-refractivity contribution in [2.75, 3.05) is 0 Å². The lowest BCUT2D eigenvalue weighted by atomic mass is 10.1. The number of rotatable bonds is 3. The van der Waals surface area contributed by atoms with Gasteiger partial charge < -0.3 is 0 Å². The minimum Gasteiger partial charge on any atom is -0.264 e. The van der Waals surface area contributed by atoms with Gasteiger partial charge in [0.2, 0.25) is 0 Å². The molecule has 0 bridgehead atoms. The number of allylic oxidation sites excluding steroid dienone is 4. The van der Waals surface area contributed by atoms with Crippen molar-refractivity contribution in [3.63, 3.8) is 0 Å². The van der Waals surface area contributed by atoms with Crippen molar-refractivity contribution in [2.24, 2.45) is 0 Å². The molecule has 0 aliphatic carbocycles. The van der Waals surface area contributed by atoms with Gasteiger partial charge in [0.1, 0.15) is 0 Å². The molecule has 1 rings (SSSR count). The summed E-state index contributed by atoms with van der Waals surface area (Å²) < 4.78 is 0. The summed E-state index contributed by atoms with van der Waals surface area (Å²) in [5.41, 5.74) is 3.84. The highest BCUT2D eigenvalue weighted by Gasteiger charge is 1.92. The van der Waals surface area contributed by atoms with E-state index >= 15 is 0 Å². The quantitative estimate of drug-likeness (QED) is 0.606. The van der Waals surface area contributed by atoms with E-state index in [4.69, 9.17) is 0 Å². The Bertz CT molecular complexity index is 334. The molecule has 0 saturated carbocycles. The fourth-order valence-corrected chi connectivity index (χ4v) is 1.08. The van der Waals surface area contributed by atoms with E-state index in [0.717, 1.165) is 6.42 Å². The first-order valence-electron chi connectivity index (χ1n) is 6.98. The van der Waals surface area contributed by atoms with Crippen LogP contribution < -0.4 is 0 Å². The van der Waals surface area contributed by atoms with Gasteiger partial charge in [0.15, 0.2) is 0 Å². The molecule has 0 aromatic carbocycles. The predicted octanol–water partition coefficient (Wildman–Crippen LogP) is 5.89. The molecule has 1 aromatic heterocycles. The summed E-state index contributed by atoms with van der Waals surface area (Å²) in [5, 5.41) is 0. The minimum atomic E-state index is 1.11. The van der Waals surface area contributed by atoms with Crippen LogP contribution in [-0.2, 0) is 0 Å². The molecule has 18 heavy (non-hydrogen) atoms. The Kier molecular flexibility index (Phi) is 14.4. The van der Waals surface area contributed by atoms with E-state index in [9.17, 15) is 0 Å². The Morgan fingerprint density at radius 3 is 2.17 bits per heavy atom. The smallest absolute Gasteiger partial charge is 0.0342 e. The maximum Gasteiger partial charge on any atom is 0.0342 e. The van der Waals surface area contributed by atoms with E-state index < -0.39 is 0 Å². The number of pyridine rings is 1. The highest BCUT2D eigenvalue weighted by molar-refractivity contribution is 5.64. The molecule has 0 saturated heterocycles. The molecule has 0 aliphatic heterocycles. The molecule has 1 nitrogen and oxygen atoms in total. The lowest BCUT2D eigenvalue weighted by molar-refractivity contribution is 1.10. The number of hydrogen-bond acceptors (Lipinski definition) is 1. The topological polar surface area (TPSA) is 12.9 Å². The van der Waals surface area contributed by atoms with Crippen LogP contribution in [0.15, 0.2) is 42.3 Å². The monoisotopic (exact) mass is 247 g/mol. The summed E-state index contributed by atoms with van der Waals surface area (Å²) in [6.45, 7) is 14.4. The van der Waals surface area contributed by atoms with Crippen molar-refractivity contribution in [1.29, 1.82) is 0 Å². The van der Waals surface area contributed by atoms with Crippen molar-refractivity contribution < 1.29 is 0 Å². The molecule has 0 fully saturated rings. The second-order valence-corrected chi connectivity index (χ2v) is 3.46. The van der Waals surface area contributed by atoms with Gasteiger partial charge in [-0.3, -0.25) is 4.98 Å². The Hall–Kier alpha value is -1.37. The largest absolute Gasteiger partial charge is 0.264 e. The van der Waals surface area contributed by atoms with E-state index in [-0.39, 0.29) is 0 Å². The average molecular weight is 247 g/mol. The van der Waals surface area contributed by atoms with Crippen molar-refractivity contribution in [2.45, 2.75) is 54.9 Å². The third-order valence-electron chi connectivity index (χ3n) is 2.29. The van der Waals surface area contributed by atoms with Gasteiger partial charge in [-0.15, -0.1) is 0 Å². The first-order valence-corrected chi connectivity index (χ1v) is 6.98. The summed E-state index contributed by atoms with van der Waals surface area (Å²) in [4.78, 5) is 4.09. The lowest BCUT2D eigenvalue weighted by Gasteiger charge is -1.98. The van der Waals surface area contributed by atoms with Crippen molar-refractivity contribution >= 4 is 5.57 Å². The molecule has 0 N–H and O–H groups in total. The lowest BCUT2D eigenvalue weighted by Crippen LogP contribution is -1.80. The van der Waals surface area contributed by atoms with Crippen LogP contribution in [-0.4, -0.2) is 4.98 Å². The van der Waals surface area contributed by atoms with Crippen LogP contribution in [0, 0.1) is 0 Å². The highest BCUT2D eigenvalue weighted by Crippen LogP contribution is 2.12. The van der Waals surface area contributed by atoms with E-state index in [1.807, 2.05) is 40.0 Å². The predicted molar refractivity (Wildman–Crippen MR) is 84.6 cm³/mol. The summed E-state index contributed by atoms with van der Waals surface area (Å²) >= 11 is 0. The Morgan fingerprint density at radius 1 is 1.11 bits per heavy atom. The summed E-state index contributed by atoms with van der Waals surface area (Å²) in [6, 6.07) is 4.04. The molecule has 0 radical (unpaired) electrons. The fraction of sp³-hybridized carbons (Fsp3) is 0.471. The summed E-state index contributed by atoms with van der Waals surface area (Å²) in [7, 11) is 0. The van der Waals surface area contributed by atoms with Gasteiger partial charge in [-0.1, -0.05) is 58.4 Å². The molecule has 0 atom stereocenters. The number of hydrogen-bond donors (Lipinski definition) is 0. The number of nitrogens with zero attached hydrogens (tertiary/aromatic N) is 1. The highest BCUT2D eigenvalue weighted by atomic mass is 14.6. The molecule has 1 aromatic rings. The van der Waals surface area contributed by atoms with Gasteiger partial charge in [0.05, 0.1) is 0 Å². The Labute approximate surface area is 114 Å². The van der Waals surface area contributed by atoms with Crippen LogP contribution in [0.2, 0.25) is 0 Å². The van der Waals surface area contributed by atoms with Crippen LogP contribution in [0.1, 0.15) is 60.5 Å². The summed E-state index contributed by atoms with van der Waals surface area (Å²) in [5.74, 6) is 0. The van der Waals surface area contributed by atoms with E-state index in [1.165, 1.54) is 16.7 Å². The molecule has 0 aliphatic rings. The molecule has 0 spiro atoms. The van der Waals surface area contributed by atoms with Crippen LogP contribution in [0.5, 0.6) is 0 Å². The maximum atomic E-state index is 4.09. The van der Waals surface area contributed by atoms with E-state index in [0.29, 0.717) is 0 Å². The third-order valence-corrected chi connectivity index (χ3v) is 2.29. The van der Waals surface area contributed by atoms with Crippen molar-refractivity contribution in [3.05, 3.63) is 47.8 Å². The fourth-order valence-electron chi connectivity index (χ4n) is 1.08. The second kappa shape index (κ2) is 13.7. The minimum absolute atomic E-state index is 1.11. The first kappa shape index (κ1) is 19.0. The van der Waals surface area contributed by atoms with Gasteiger partial charge in [-0.25, -0.2) is 0 Å². The van der Waals surface area contributed by atoms with Gasteiger partial charge in [-0.2, -0.15) is 0 Å². The van der Waals surface area contributed by atoms with Crippen molar-refractivity contribution in [3.8, 4) is 0 Å². The SMILES string of the molecule is CC.CC.CC/C(C)=C/C=C(\C)c1cccnc1. The molecule has 1 heteroatoms. The van der Waals surface area contributed by atoms with Gasteiger partial charge in [0.25, 0.3) is 0 Å². The van der Waals surface area contributed by atoms with Crippen LogP contribution >= 0.6 is 0 Å². The van der Waals surface area contributed by atoms with Crippen molar-refractivity contribution in [1.82, 2.24) is 4.98 Å². The molecule has 102 valence electrons. The zero-order valence-corrected chi connectivity index (χ0v) is 13.1. The summed E-state index contributed by atoms with van der Waals surface area (Å²) in [6.07, 6.45) is 9.11. The van der Waals surface area contributed by atoms with Gasteiger partial charge in [-0.05, 0) is 37.5 Å². The van der Waals surface area contributed by atoms with E-state index in [1.54, 1.807) is 6.20 Å². The Balaban J connectivity index is 0. The number of aromatic nitrogens is 1. The molecular weight excluding hydrogens is 218 g/mol.